The van der Waals surface area contributed by atoms with Gasteiger partial charge in [0.15, 0.2) is 11.7 Å². The van der Waals surface area contributed by atoms with Crippen molar-refractivity contribution < 1.29 is 23.8 Å². The molecule has 0 bridgehead atoms. The van der Waals surface area contributed by atoms with Crippen LogP contribution in [0.25, 0.3) is 10.9 Å². The summed E-state index contributed by atoms with van der Waals surface area (Å²) in [5.74, 6) is -4.41. The average molecular weight is 650 g/mol. The zero-order valence-corrected chi connectivity index (χ0v) is 23.6. The number of rotatable bonds is 6. The maximum Gasteiger partial charge on any atom is 0.324 e. The van der Waals surface area contributed by atoms with E-state index in [9.17, 15) is 9.59 Å². The van der Waals surface area contributed by atoms with Crippen LogP contribution in [0, 0.1) is 9.49 Å². The molecule has 190 valence electrons. The molecule has 1 aliphatic rings. The zero-order chi connectivity index (χ0) is 26.3. The van der Waals surface area contributed by atoms with Gasteiger partial charge in [-0.3, -0.25) is 9.59 Å². The minimum absolute atomic E-state index is 0.260. The molecule has 6 nitrogen and oxygen atoms in total. The molecule has 37 heavy (non-hydrogen) atoms. The van der Waals surface area contributed by atoms with Crippen molar-refractivity contribution in [2.75, 3.05) is 0 Å². The van der Waals surface area contributed by atoms with Gasteiger partial charge in [-0.05, 0) is 69.6 Å². The van der Waals surface area contributed by atoms with Crippen molar-refractivity contribution in [3.05, 3.63) is 97.2 Å². The lowest BCUT2D eigenvalue weighted by Gasteiger charge is -2.36. The Bertz CT molecular complexity index is 1460. The molecule has 4 aromatic rings. The van der Waals surface area contributed by atoms with E-state index in [0.717, 1.165) is 20.0 Å². The van der Waals surface area contributed by atoms with Gasteiger partial charge in [0.05, 0.1) is 10.0 Å². The van der Waals surface area contributed by atoms with E-state index in [-0.39, 0.29) is 16.7 Å². The highest BCUT2D eigenvalue weighted by Crippen LogP contribution is 2.44. The number of nitrogens with one attached hydrogen (secondary N) is 1. The summed E-state index contributed by atoms with van der Waals surface area (Å²) in [5, 5.41) is 1.37. The van der Waals surface area contributed by atoms with Crippen LogP contribution in [0.4, 0.5) is 0 Å². The van der Waals surface area contributed by atoms with Crippen molar-refractivity contribution in [1.29, 1.82) is 0 Å². The number of benzene rings is 3. The number of cyclic esters (lactones) is 2. The van der Waals surface area contributed by atoms with Gasteiger partial charge in [0.1, 0.15) is 6.61 Å². The van der Waals surface area contributed by atoms with Crippen molar-refractivity contribution >= 4 is 68.6 Å². The standard InChI is InChI=1S/C28H22Cl2INO5/c1-28(2)36-26(33)24(27(34)37-28)23(19-13-32-22-6-4-3-5-18(19)22)16-11-20(29)25(21(30)12-16)35-14-15-7-9-17(31)10-8-15/h3-13,23-24,32H,14H2,1-2H3/t23-/m1/s1. The van der Waals surface area contributed by atoms with Crippen LogP contribution in [0.15, 0.2) is 66.9 Å². The number of carbonyl (C=O) groups excluding carboxylic acids is 2. The number of hydrogen-bond donors (Lipinski definition) is 1. The second-order valence-corrected chi connectivity index (χ2v) is 11.3. The summed E-state index contributed by atoms with van der Waals surface area (Å²) in [6, 6.07) is 18.9. The molecule has 2 heterocycles. The van der Waals surface area contributed by atoms with E-state index >= 15 is 0 Å². The van der Waals surface area contributed by atoms with Crippen molar-refractivity contribution in [3.63, 3.8) is 0 Å². The Morgan fingerprint density at radius 3 is 2.27 bits per heavy atom. The monoisotopic (exact) mass is 649 g/mol. The van der Waals surface area contributed by atoms with E-state index in [0.29, 0.717) is 16.9 Å². The molecule has 0 spiro atoms. The Morgan fingerprint density at radius 2 is 1.62 bits per heavy atom. The molecular formula is C28H22Cl2INO5. The summed E-state index contributed by atoms with van der Waals surface area (Å²) in [6.07, 6.45) is 1.78. The van der Waals surface area contributed by atoms with Crippen LogP contribution in [0.1, 0.15) is 36.5 Å². The first kappa shape index (κ1) is 25.9. The molecule has 1 N–H and O–H groups in total. The van der Waals surface area contributed by atoms with E-state index in [4.69, 9.17) is 37.4 Å². The van der Waals surface area contributed by atoms with Crippen LogP contribution in [0.3, 0.4) is 0 Å². The van der Waals surface area contributed by atoms with Crippen LogP contribution >= 0.6 is 45.8 Å². The number of halogens is 3. The maximum atomic E-state index is 13.2. The molecule has 1 aliphatic heterocycles. The van der Waals surface area contributed by atoms with E-state index in [1.54, 1.807) is 18.3 Å². The number of aromatic nitrogens is 1. The highest BCUT2D eigenvalue weighted by molar-refractivity contribution is 14.1. The zero-order valence-electron chi connectivity index (χ0n) is 19.9. The summed E-state index contributed by atoms with van der Waals surface area (Å²) in [7, 11) is 0. The molecule has 0 unspecified atom stereocenters. The molecule has 1 aromatic heterocycles. The number of aromatic amines is 1. The number of hydrogen-bond acceptors (Lipinski definition) is 5. The summed E-state index contributed by atoms with van der Waals surface area (Å²) < 4.78 is 18.0. The first-order chi connectivity index (χ1) is 17.6. The molecule has 9 heteroatoms. The molecule has 0 amide bonds. The Kier molecular flexibility index (Phi) is 7.13. The lowest BCUT2D eigenvalue weighted by molar-refractivity contribution is -0.240. The van der Waals surface area contributed by atoms with E-state index in [2.05, 4.69) is 27.6 Å². The van der Waals surface area contributed by atoms with Gasteiger partial charge < -0.3 is 19.2 Å². The number of H-pyrrole nitrogens is 1. The highest BCUT2D eigenvalue weighted by Gasteiger charge is 2.48. The molecule has 0 saturated carbocycles. The second kappa shape index (κ2) is 10.2. The van der Waals surface area contributed by atoms with Crippen LogP contribution < -0.4 is 4.74 Å². The van der Waals surface area contributed by atoms with Gasteiger partial charge in [0, 0.05) is 40.4 Å². The van der Waals surface area contributed by atoms with E-state index < -0.39 is 29.6 Å². The smallest absolute Gasteiger partial charge is 0.324 e. The van der Waals surface area contributed by atoms with Gasteiger partial charge in [-0.15, -0.1) is 0 Å². The normalized spacial score (nSPS) is 16.4. The SMILES string of the molecule is CC1(C)OC(=O)C([C@H](c2cc(Cl)c(OCc3ccc(I)cc3)c(Cl)c2)c2c[nH]c3ccccc23)C(=O)O1. The minimum Gasteiger partial charge on any atom is -0.486 e. The summed E-state index contributed by atoms with van der Waals surface area (Å²) in [6.45, 7) is 3.32. The van der Waals surface area contributed by atoms with Crippen LogP contribution in [0.2, 0.25) is 10.0 Å². The number of para-hydroxylation sites is 1. The van der Waals surface area contributed by atoms with Gasteiger partial charge in [-0.25, -0.2) is 0 Å². The van der Waals surface area contributed by atoms with Crippen LogP contribution in [-0.2, 0) is 25.7 Å². The minimum atomic E-state index is -1.35. The molecular weight excluding hydrogens is 628 g/mol. The second-order valence-electron chi connectivity index (χ2n) is 9.22. The quantitative estimate of drug-likeness (QED) is 0.135. The van der Waals surface area contributed by atoms with E-state index in [1.165, 1.54) is 13.8 Å². The fraction of sp³-hybridized carbons (Fsp3) is 0.214. The average Bonchev–Trinajstić information content (AvgIpc) is 3.25. The van der Waals surface area contributed by atoms with Gasteiger partial charge in [0.25, 0.3) is 5.79 Å². The molecule has 0 aliphatic carbocycles. The number of ether oxygens (including phenoxy) is 3. The number of esters is 2. The first-order valence-electron chi connectivity index (χ1n) is 11.5. The van der Waals surface area contributed by atoms with Crippen molar-refractivity contribution in [3.8, 4) is 5.75 Å². The molecule has 1 fully saturated rings. The molecule has 3 aromatic carbocycles. The predicted octanol–water partition coefficient (Wildman–Crippen LogP) is 7.24. The van der Waals surface area contributed by atoms with Gasteiger partial charge in [-0.2, -0.15) is 0 Å². The van der Waals surface area contributed by atoms with Crippen LogP contribution in [-0.4, -0.2) is 22.7 Å². The lowest BCUT2D eigenvalue weighted by Crippen LogP contribution is -2.48. The summed E-state index contributed by atoms with van der Waals surface area (Å²) >= 11 is 15.6. The van der Waals surface area contributed by atoms with Crippen molar-refractivity contribution in [2.24, 2.45) is 5.92 Å². The van der Waals surface area contributed by atoms with Gasteiger partial charge in [0.2, 0.25) is 0 Å². The maximum absolute atomic E-state index is 13.2. The summed E-state index contributed by atoms with van der Waals surface area (Å²) in [4.78, 5) is 29.5. The molecule has 5 rings (SSSR count). The molecule has 1 atom stereocenters. The summed E-state index contributed by atoms with van der Waals surface area (Å²) in [5.41, 5.74) is 3.09. The molecule has 1 saturated heterocycles. The lowest BCUT2D eigenvalue weighted by atomic mass is 9.80. The fourth-order valence-electron chi connectivity index (χ4n) is 4.54. The Morgan fingerprint density at radius 1 is 1.00 bits per heavy atom. The third-order valence-electron chi connectivity index (χ3n) is 6.17. The Hall–Kier alpha value is -2.75. The highest BCUT2D eigenvalue weighted by atomic mass is 127. The topological polar surface area (TPSA) is 77.6 Å². The van der Waals surface area contributed by atoms with Gasteiger partial charge >= 0.3 is 11.9 Å². The van der Waals surface area contributed by atoms with Crippen molar-refractivity contribution in [1.82, 2.24) is 4.98 Å². The third-order valence-corrected chi connectivity index (χ3v) is 7.45. The molecule has 0 radical (unpaired) electrons. The fourth-order valence-corrected chi connectivity index (χ4v) is 5.51. The predicted molar refractivity (Wildman–Crippen MR) is 150 cm³/mol. The van der Waals surface area contributed by atoms with Crippen LogP contribution in [0.5, 0.6) is 5.75 Å². The number of carbonyl (C=O) groups is 2. The third kappa shape index (κ3) is 5.30. The van der Waals surface area contributed by atoms with Crippen molar-refractivity contribution in [2.45, 2.75) is 32.2 Å². The van der Waals surface area contributed by atoms with E-state index in [1.807, 2.05) is 48.5 Å². The Balaban J connectivity index is 1.56. The first-order valence-corrected chi connectivity index (χ1v) is 13.3. The van der Waals surface area contributed by atoms with Gasteiger partial charge in [-0.1, -0.05) is 53.5 Å². The largest absolute Gasteiger partial charge is 0.486 e. The number of fused-ring (bicyclic) bond motifs is 1. The Labute approximate surface area is 237 Å².